The van der Waals surface area contributed by atoms with Crippen molar-refractivity contribution >= 4 is 35.6 Å². The van der Waals surface area contributed by atoms with Crippen molar-refractivity contribution in [2.24, 2.45) is 4.99 Å². The fourth-order valence-electron chi connectivity index (χ4n) is 4.05. The average Bonchev–Trinajstić information content (AvgIpc) is 2.88. The molecule has 0 spiro atoms. The largest absolute Gasteiger partial charge is 0.378 e. The van der Waals surface area contributed by atoms with Gasteiger partial charge < -0.3 is 20.3 Å². The van der Waals surface area contributed by atoms with Crippen LogP contribution in [-0.2, 0) is 11.3 Å². The van der Waals surface area contributed by atoms with E-state index in [-0.39, 0.29) is 29.9 Å². The van der Waals surface area contributed by atoms with Crippen molar-refractivity contribution in [1.29, 1.82) is 0 Å². The summed E-state index contributed by atoms with van der Waals surface area (Å²) in [5, 5.41) is 6.96. The van der Waals surface area contributed by atoms with E-state index in [0.717, 1.165) is 45.4 Å². The van der Waals surface area contributed by atoms with E-state index >= 15 is 0 Å². The van der Waals surface area contributed by atoms with E-state index in [2.05, 4.69) is 105 Å². The summed E-state index contributed by atoms with van der Waals surface area (Å²) in [6.07, 6.45) is 0. The number of halogens is 1. The molecule has 0 aromatic heterocycles. The topological polar surface area (TPSA) is 48.9 Å². The third-order valence-electron chi connectivity index (χ3n) is 5.87. The van der Waals surface area contributed by atoms with E-state index in [1.54, 1.807) is 0 Å². The average molecular weight is 556 g/mol. The SMILES string of the molecule is CN=C(NCc1ccc(N2CCOCC2)cc1)NCC(c1ccccc1)c1ccccc1.I. The molecule has 1 fully saturated rings. The number of guanidine groups is 1. The van der Waals surface area contributed by atoms with Crippen LogP contribution in [-0.4, -0.2) is 45.9 Å². The van der Waals surface area contributed by atoms with E-state index in [1.807, 2.05) is 7.05 Å². The van der Waals surface area contributed by atoms with Crippen LogP contribution in [0.2, 0.25) is 0 Å². The lowest BCUT2D eigenvalue weighted by Crippen LogP contribution is -2.39. The highest BCUT2D eigenvalue weighted by Crippen LogP contribution is 2.23. The lowest BCUT2D eigenvalue weighted by atomic mass is 9.91. The minimum absolute atomic E-state index is 0. The summed E-state index contributed by atoms with van der Waals surface area (Å²) < 4.78 is 5.45. The molecule has 0 aliphatic carbocycles. The maximum atomic E-state index is 5.45. The monoisotopic (exact) mass is 556 g/mol. The van der Waals surface area contributed by atoms with Crippen molar-refractivity contribution < 1.29 is 4.74 Å². The van der Waals surface area contributed by atoms with Gasteiger partial charge in [0.25, 0.3) is 0 Å². The van der Waals surface area contributed by atoms with Crippen LogP contribution < -0.4 is 15.5 Å². The van der Waals surface area contributed by atoms with Gasteiger partial charge in [0.15, 0.2) is 5.96 Å². The van der Waals surface area contributed by atoms with Crippen LogP contribution in [0.15, 0.2) is 89.9 Å². The second-order valence-electron chi connectivity index (χ2n) is 7.95. The molecule has 0 bridgehead atoms. The first-order chi connectivity index (χ1) is 15.8. The van der Waals surface area contributed by atoms with E-state index < -0.39 is 0 Å². The molecule has 0 amide bonds. The molecule has 0 atom stereocenters. The minimum Gasteiger partial charge on any atom is -0.378 e. The van der Waals surface area contributed by atoms with Gasteiger partial charge in [-0.25, -0.2) is 0 Å². The van der Waals surface area contributed by atoms with E-state index in [4.69, 9.17) is 4.74 Å². The Labute approximate surface area is 214 Å². The zero-order chi connectivity index (χ0) is 22.0. The molecule has 3 aromatic carbocycles. The number of hydrogen-bond donors (Lipinski definition) is 2. The smallest absolute Gasteiger partial charge is 0.191 e. The zero-order valence-corrected chi connectivity index (χ0v) is 21.4. The molecule has 1 heterocycles. The summed E-state index contributed by atoms with van der Waals surface area (Å²) in [4.78, 5) is 6.80. The standard InChI is InChI=1S/C27H32N4O.HI/c1-28-27(29-20-22-12-14-25(15-13-22)31-16-18-32-19-17-31)30-21-26(23-8-4-2-5-9-23)24-10-6-3-7-11-24;/h2-15,26H,16-21H2,1H3,(H2,28,29,30);1H. The van der Waals surface area contributed by atoms with Gasteiger partial charge in [0, 0.05) is 44.8 Å². The third kappa shape index (κ3) is 7.20. The predicted octanol–water partition coefficient (Wildman–Crippen LogP) is 4.64. The summed E-state index contributed by atoms with van der Waals surface area (Å²) in [7, 11) is 1.82. The first kappa shape index (κ1) is 25.1. The summed E-state index contributed by atoms with van der Waals surface area (Å²) >= 11 is 0. The minimum atomic E-state index is 0. The van der Waals surface area contributed by atoms with Gasteiger partial charge in [-0.1, -0.05) is 72.8 Å². The molecular formula is C27H33IN4O. The molecule has 4 rings (SSSR count). The van der Waals surface area contributed by atoms with Crippen molar-refractivity contribution in [2.45, 2.75) is 12.5 Å². The molecule has 0 unspecified atom stereocenters. The summed E-state index contributed by atoms with van der Waals surface area (Å²) in [6, 6.07) is 30.0. The Morgan fingerprint density at radius 1 is 0.848 bits per heavy atom. The number of rotatable bonds is 7. The van der Waals surface area contributed by atoms with E-state index in [1.165, 1.54) is 22.4 Å². The van der Waals surface area contributed by atoms with Gasteiger partial charge >= 0.3 is 0 Å². The highest BCUT2D eigenvalue weighted by Gasteiger charge is 2.15. The molecular weight excluding hydrogens is 523 g/mol. The van der Waals surface area contributed by atoms with Crippen molar-refractivity contribution in [3.8, 4) is 0 Å². The van der Waals surface area contributed by atoms with Gasteiger partial charge in [-0.15, -0.1) is 24.0 Å². The number of morpholine rings is 1. The van der Waals surface area contributed by atoms with Crippen LogP contribution in [0.25, 0.3) is 0 Å². The molecule has 0 saturated carbocycles. The Bertz CT molecular complexity index is 935. The first-order valence-electron chi connectivity index (χ1n) is 11.3. The lowest BCUT2D eigenvalue weighted by molar-refractivity contribution is 0.122. The maximum Gasteiger partial charge on any atom is 0.191 e. The predicted molar refractivity (Wildman–Crippen MR) is 148 cm³/mol. The number of aliphatic imine (C=N–C) groups is 1. The molecule has 33 heavy (non-hydrogen) atoms. The maximum absolute atomic E-state index is 5.45. The van der Waals surface area contributed by atoms with E-state index in [9.17, 15) is 0 Å². The Morgan fingerprint density at radius 2 is 1.42 bits per heavy atom. The highest BCUT2D eigenvalue weighted by atomic mass is 127. The summed E-state index contributed by atoms with van der Waals surface area (Å²) in [5.41, 5.74) is 5.07. The fraction of sp³-hybridized carbons (Fsp3) is 0.296. The van der Waals surface area contributed by atoms with Crippen LogP contribution in [0, 0.1) is 0 Å². The molecule has 3 aromatic rings. The Kier molecular flexibility index (Phi) is 10.0. The van der Waals surface area contributed by atoms with Gasteiger partial charge in [-0.05, 0) is 28.8 Å². The Hall–Kier alpha value is -2.58. The number of ether oxygens (including phenoxy) is 1. The second-order valence-corrected chi connectivity index (χ2v) is 7.95. The van der Waals surface area contributed by atoms with Gasteiger partial charge in [-0.3, -0.25) is 4.99 Å². The third-order valence-corrected chi connectivity index (χ3v) is 5.87. The normalized spacial score (nSPS) is 14.0. The molecule has 5 nitrogen and oxygen atoms in total. The lowest BCUT2D eigenvalue weighted by Gasteiger charge is -2.29. The molecule has 6 heteroatoms. The van der Waals surface area contributed by atoms with Crippen molar-refractivity contribution in [2.75, 3.05) is 44.8 Å². The number of nitrogens with zero attached hydrogens (tertiary/aromatic N) is 2. The van der Waals surface area contributed by atoms with Crippen molar-refractivity contribution in [3.63, 3.8) is 0 Å². The number of hydrogen-bond acceptors (Lipinski definition) is 3. The Balaban J connectivity index is 0.00000306. The van der Waals surface area contributed by atoms with E-state index in [0.29, 0.717) is 0 Å². The fourth-order valence-corrected chi connectivity index (χ4v) is 4.05. The van der Waals surface area contributed by atoms with Crippen molar-refractivity contribution in [1.82, 2.24) is 10.6 Å². The molecule has 0 radical (unpaired) electrons. The second kappa shape index (κ2) is 13.2. The first-order valence-corrected chi connectivity index (χ1v) is 11.3. The van der Waals surface area contributed by atoms with Crippen molar-refractivity contribution in [3.05, 3.63) is 102 Å². The summed E-state index contributed by atoms with van der Waals surface area (Å²) in [5.74, 6) is 1.06. The van der Waals surface area contributed by atoms with Gasteiger partial charge in [0.1, 0.15) is 0 Å². The quantitative estimate of drug-likeness (QED) is 0.253. The van der Waals surface area contributed by atoms with Crippen LogP contribution in [0.3, 0.4) is 0 Å². The van der Waals surface area contributed by atoms with Crippen LogP contribution in [0.4, 0.5) is 5.69 Å². The van der Waals surface area contributed by atoms with Crippen LogP contribution in [0.1, 0.15) is 22.6 Å². The number of benzene rings is 3. The van der Waals surface area contributed by atoms with Gasteiger partial charge in [0.05, 0.1) is 13.2 Å². The van der Waals surface area contributed by atoms with Crippen LogP contribution >= 0.6 is 24.0 Å². The molecule has 174 valence electrons. The summed E-state index contributed by atoms with van der Waals surface area (Å²) in [6.45, 7) is 5.01. The molecule has 1 saturated heterocycles. The zero-order valence-electron chi connectivity index (χ0n) is 19.1. The molecule has 1 aliphatic rings. The molecule has 2 N–H and O–H groups in total. The van der Waals surface area contributed by atoms with Gasteiger partial charge in [-0.2, -0.15) is 0 Å². The number of nitrogens with one attached hydrogen (secondary N) is 2. The molecule has 1 aliphatic heterocycles. The Morgan fingerprint density at radius 3 is 1.97 bits per heavy atom. The van der Waals surface area contributed by atoms with Gasteiger partial charge in [0.2, 0.25) is 0 Å². The number of anilines is 1. The highest BCUT2D eigenvalue weighted by molar-refractivity contribution is 14.0. The van der Waals surface area contributed by atoms with Crippen LogP contribution in [0.5, 0.6) is 0 Å².